The van der Waals surface area contributed by atoms with Gasteiger partial charge in [0.1, 0.15) is 5.75 Å². The summed E-state index contributed by atoms with van der Waals surface area (Å²) in [6.07, 6.45) is 3.95. The zero-order chi connectivity index (χ0) is 12.5. The van der Waals surface area contributed by atoms with Gasteiger partial charge in [0.15, 0.2) is 0 Å². The molecule has 2 fully saturated rings. The molecule has 18 heavy (non-hydrogen) atoms. The summed E-state index contributed by atoms with van der Waals surface area (Å²) in [6, 6.07) is 7.42. The summed E-state index contributed by atoms with van der Waals surface area (Å²) < 4.78 is 5.11. The quantitative estimate of drug-likeness (QED) is 0.801. The molecule has 1 saturated carbocycles. The summed E-state index contributed by atoms with van der Waals surface area (Å²) in [4.78, 5) is 14.4. The predicted octanol–water partition coefficient (Wildman–Crippen LogP) is 2.57. The number of hydrogen-bond donors (Lipinski definition) is 0. The van der Waals surface area contributed by atoms with Gasteiger partial charge in [-0.15, -0.1) is 0 Å². The number of rotatable bonds is 2. The molecule has 1 aliphatic heterocycles. The molecule has 3 rings (SSSR count). The maximum atomic E-state index is 12.4. The molecule has 1 aliphatic carbocycles. The zero-order valence-corrected chi connectivity index (χ0v) is 10.8. The van der Waals surface area contributed by atoms with Crippen molar-refractivity contribution in [2.45, 2.75) is 19.3 Å². The second kappa shape index (κ2) is 4.63. The van der Waals surface area contributed by atoms with Crippen LogP contribution in [0.3, 0.4) is 0 Å². The summed E-state index contributed by atoms with van der Waals surface area (Å²) in [5.74, 6) is 2.48. The van der Waals surface area contributed by atoms with E-state index in [2.05, 4.69) is 0 Å². The Hall–Kier alpha value is -1.51. The normalized spacial score (nSPS) is 26.2. The number of ether oxygens (including phenoxy) is 1. The van der Waals surface area contributed by atoms with E-state index in [0.29, 0.717) is 0 Å². The van der Waals surface area contributed by atoms with Gasteiger partial charge in [0, 0.05) is 18.7 Å². The topological polar surface area (TPSA) is 29.5 Å². The molecule has 3 nitrogen and oxygen atoms in total. The van der Waals surface area contributed by atoms with Gasteiger partial charge in [0.05, 0.1) is 7.11 Å². The van der Waals surface area contributed by atoms with E-state index in [1.807, 2.05) is 29.2 Å². The lowest BCUT2D eigenvalue weighted by molar-refractivity contribution is 0.0780. The lowest BCUT2D eigenvalue weighted by Crippen LogP contribution is -2.29. The van der Waals surface area contributed by atoms with E-state index in [1.165, 1.54) is 19.3 Å². The molecule has 1 saturated heterocycles. The van der Waals surface area contributed by atoms with Crippen molar-refractivity contribution in [1.29, 1.82) is 0 Å². The smallest absolute Gasteiger partial charge is 0.253 e. The third-order valence-corrected chi connectivity index (χ3v) is 4.35. The second-order valence-corrected chi connectivity index (χ2v) is 5.39. The van der Waals surface area contributed by atoms with E-state index in [9.17, 15) is 4.79 Å². The van der Waals surface area contributed by atoms with E-state index >= 15 is 0 Å². The molecule has 0 N–H and O–H groups in total. The molecule has 2 unspecified atom stereocenters. The van der Waals surface area contributed by atoms with Gasteiger partial charge in [-0.3, -0.25) is 4.79 Å². The van der Waals surface area contributed by atoms with Crippen LogP contribution >= 0.6 is 0 Å². The molecule has 2 atom stereocenters. The molecule has 1 heterocycles. The molecule has 0 spiro atoms. The first kappa shape index (κ1) is 11.6. The lowest BCUT2D eigenvalue weighted by atomic mass is 10.0. The fraction of sp³-hybridized carbons (Fsp3) is 0.533. The van der Waals surface area contributed by atoms with Gasteiger partial charge in [0.25, 0.3) is 5.91 Å². The van der Waals surface area contributed by atoms with Crippen LogP contribution in [-0.2, 0) is 0 Å². The second-order valence-electron chi connectivity index (χ2n) is 5.39. The number of methoxy groups -OCH3 is 1. The number of nitrogens with zero attached hydrogens (tertiary/aromatic N) is 1. The summed E-state index contributed by atoms with van der Waals surface area (Å²) in [7, 11) is 1.64. The lowest BCUT2D eigenvalue weighted by Gasteiger charge is -2.17. The number of likely N-dealkylation sites (tertiary alicyclic amines) is 1. The minimum Gasteiger partial charge on any atom is -0.497 e. The Bertz CT molecular complexity index is 428. The highest BCUT2D eigenvalue weighted by atomic mass is 16.5. The fourth-order valence-electron chi connectivity index (χ4n) is 3.32. The SMILES string of the molecule is COc1ccc(C(=O)N2CC3CCCC3C2)cc1. The molecule has 3 heteroatoms. The third kappa shape index (κ3) is 1.98. The van der Waals surface area contributed by atoms with Gasteiger partial charge in [-0.2, -0.15) is 0 Å². The minimum absolute atomic E-state index is 0.173. The van der Waals surface area contributed by atoms with Gasteiger partial charge in [0.2, 0.25) is 0 Å². The van der Waals surface area contributed by atoms with Crippen LogP contribution in [-0.4, -0.2) is 31.0 Å². The number of fused-ring (bicyclic) bond motifs is 1. The van der Waals surface area contributed by atoms with Gasteiger partial charge in [-0.25, -0.2) is 0 Å². The number of hydrogen-bond acceptors (Lipinski definition) is 2. The highest BCUT2D eigenvalue weighted by Crippen LogP contribution is 2.38. The molecular formula is C15H19NO2. The summed E-state index contributed by atoms with van der Waals surface area (Å²) in [5, 5.41) is 0. The van der Waals surface area contributed by atoms with Crippen molar-refractivity contribution >= 4 is 5.91 Å². The standard InChI is InChI=1S/C15H19NO2/c1-18-14-7-5-11(6-8-14)15(17)16-9-12-3-2-4-13(12)10-16/h5-8,12-13H,2-4,9-10H2,1H3. The summed E-state index contributed by atoms with van der Waals surface area (Å²) in [5.41, 5.74) is 0.774. The van der Waals surface area contributed by atoms with Crippen LogP contribution in [0.1, 0.15) is 29.6 Å². The molecule has 0 radical (unpaired) electrons. The first-order chi connectivity index (χ1) is 8.78. The van der Waals surface area contributed by atoms with E-state index in [1.54, 1.807) is 7.11 Å². The molecular weight excluding hydrogens is 226 g/mol. The molecule has 0 bridgehead atoms. The van der Waals surface area contributed by atoms with Crippen LogP contribution in [0.25, 0.3) is 0 Å². The van der Waals surface area contributed by atoms with Crippen molar-refractivity contribution in [2.75, 3.05) is 20.2 Å². The largest absolute Gasteiger partial charge is 0.497 e. The third-order valence-electron chi connectivity index (χ3n) is 4.35. The van der Waals surface area contributed by atoms with Crippen LogP contribution in [0.2, 0.25) is 0 Å². The highest BCUT2D eigenvalue weighted by molar-refractivity contribution is 5.94. The average Bonchev–Trinajstić information content (AvgIpc) is 2.99. The van der Waals surface area contributed by atoms with Crippen molar-refractivity contribution in [3.63, 3.8) is 0 Å². The summed E-state index contributed by atoms with van der Waals surface area (Å²) in [6.45, 7) is 1.91. The number of carbonyl (C=O) groups is 1. The maximum absolute atomic E-state index is 12.4. The fourth-order valence-corrected chi connectivity index (χ4v) is 3.32. The van der Waals surface area contributed by atoms with Gasteiger partial charge >= 0.3 is 0 Å². The molecule has 1 amide bonds. The molecule has 2 aliphatic rings. The number of amides is 1. The van der Waals surface area contributed by atoms with Crippen LogP contribution in [0.15, 0.2) is 24.3 Å². The average molecular weight is 245 g/mol. The Kier molecular flexibility index (Phi) is 2.98. The van der Waals surface area contributed by atoms with Crippen molar-refractivity contribution in [3.8, 4) is 5.75 Å². The molecule has 96 valence electrons. The van der Waals surface area contributed by atoms with Crippen molar-refractivity contribution in [3.05, 3.63) is 29.8 Å². The van der Waals surface area contributed by atoms with Crippen LogP contribution in [0.4, 0.5) is 0 Å². The molecule has 1 aromatic rings. The Labute approximate surface area is 108 Å². The van der Waals surface area contributed by atoms with Crippen molar-refractivity contribution in [1.82, 2.24) is 4.90 Å². The van der Waals surface area contributed by atoms with Gasteiger partial charge in [-0.05, 0) is 48.9 Å². The Morgan fingerprint density at radius 3 is 2.33 bits per heavy atom. The van der Waals surface area contributed by atoms with E-state index < -0.39 is 0 Å². The summed E-state index contributed by atoms with van der Waals surface area (Å²) >= 11 is 0. The molecule has 1 aromatic carbocycles. The van der Waals surface area contributed by atoms with Crippen molar-refractivity contribution in [2.24, 2.45) is 11.8 Å². The van der Waals surface area contributed by atoms with Gasteiger partial charge in [-0.1, -0.05) is 6.42 Å². The first-order valence-corrected chi connectivity index (χ1v) is 6.71. The zero-order valence-electron chi connectivity index (χ0n) is 10.8. The van der Waals surface area contributed by atoms with E-state index in [0.717, 1.165) is 36.2 Å². The van der Waals surface area contributed by atoms with E-state index in [-0.39, 0.29) is 5.91 Å². The van der Waals surface area contributed by atoms with E-state index in [4.69, 9.17) is 4.74 Å². The minimum atomic E-state index is 0.173. The van der Waals surface area contributed by atoms with Crippen LogP contribution in [0, 0.1) is 11.8 Å². The Morgan fingerprint density at radius 2 is 1.78 bits per heavy atom. The Morgan fingerprint density at radius 1 is 1.17 bits per heavy atom. The monoisotopic (exact) mass is 245 g/mol. The van der Waals surface area contributed by atoms with Crippen LogP contribution in [0.5, 0.6) is 5.75 Å². The van der Waals surface area contributed by atoms with Gasteiger partial charge < -0.3 is 9.64 Å². The predicted molar refractivity (Wildman–Crippen MR) is 69.7 cm³/mol. The first-order valence-electron chi connectivity index (χ1n) is 6.71. The molecule has 0 aromatic heterocycles. The number of carbonyl (C=O) groups excluding carboxylic acids is 1. The highest BCUT2D eigenvalue weighted by Gasteiger charge is 2.38. The Balaban J connectivity index is 1.70. The maximum Gasteiger partial charge on any atom is 0.253 e. The number of benzene rings is 1. The van der Waals surface area contributed by atoms with Crippen molar-refractivity contribution < 1.29 is 9.53 Å². The van der Waals surface area contributed by atoms with Crippen LogP contribution < -0.4 is 4.74 Å².